The van der Waals surface area contributed by atoms with Crippen LogP contribution in [0.2, 0.25) is 0 Å². The summed E-state index contributed by atoms with van der Waals surface area (Å²) in [6.45, 7) is 3.86. The molecule has 13 heavy (non-hydrogen) atoms. The van der Waals surface area contributed by atoms with Crippen molar-refractivity contribution < 1.29 is 0 Å². The molecule has 0 bridgehead atoms. The van der Waals surface area contributed by atoms with Gasteiger partial charge in [-0.3, -0.25) is 4.79 Å². The molecule has 0 radical (unpaired) electrons. The van der Waals surface area contributed by atoms with Crippen LogP contribution in [-0.4, -0.2) is 16.0 Å². The van der Waals surface area contributed by atoms with Crippen molar-refractivity contribution in [3.63, 3.8) is 0 Å². The molecule has 1 atom stereocenters. The van der Waals surface area contributed by atoms with Crippen LogP contribution in [0.15, 0.2) is 10.9 Å². The normalized spacial score (nSPS) is 12.8. The molecule has 0 aliphatic rings. The van der Waals surface area contributed by atoms with Gasteiger partial charge in [-0.25, -0.2) is 4.98 Å². The minimum Gasteiger partial charge on any atom is -0.328 e. The molecule has 0 saturated heterocycles. The molecular weight excluding hydrogens is 166 g/mol. The van der Waals surface area contributed by atoms with E-state index in [1.165, 1.54) is 6.07 Å². The molecule has 1 aromatic rings. The van der Waals surface area contributed by atoms with Gasteiger partial charge in [-0.2, -0.15) is 0 Å². The zero-order valence-corrected chi connectivity index (χ0v) is 8.00. The van der Waals surface area contributed by atoms with Gasteiger partial charge in [-0.05, 0) is 13.3 Å². The lowest BCUT2D eigenvalue weighted by atomic mass is 10.2. The van der Waals surface area contributed by atoms with Gasteiger partial charge in [0, 0.05) is 24.2 Å². The lowest BCUT2D eigenvalue weighted by molar-refractivity contribution is 0.692. The fourth-order valence-corrected chi connectivity index (χ4v) is 1.15. The number of H-pyrrole nitrogens is 1. The van der Waals surface area contributed by atoms with Crippen molar-refractivity contribution >= 4 is 0 Å². The van der Waals surface area contributed by atoms with E-state index in [2.05, 4.69) is 9.97 Å². The van der Waals surface area contributed by atoms with Gasteiger partial charge in [0.05, 0.1) is 0 Å². The van der Waals surface area contributed by atoms with Crippen molar-refractivity contribution in [3.8, 4) is 0 Å². The second-order valence-electron chi connectivity index (χ2n) is 3.22. The lowest BCUT2D eigenvalue weighted by Gasteiger charge is -2.04. The molecule has 4 heteroatoms. The largest absolute Gasteiger partial charge is 0.328 e. The van der Waals surface area contributed by atoms with Crippen LogP contribution in [0.1, 0.15) is 25.4 Å². The summed E-state index contributed by atoms with van der Waals surface area (Å²) in [7, 11) is 0. The van der Waals surface area contributed by atoms with Gasteiger partial charge in [-0.15, -0.1) is 0 Å². The Morgan fingerprint density at radius 3 is 2.92 bits per heavy atom. The highest BCUT2D eigenvalue weighted by molar-refractivity contribution is 5.03. The second kappa shape index (κ2) is 4.18. The Morgan fingerprint density at radius 2 is 2.38 bits per heavy atom. The minimum atomic E-state index is -0.0949. The van der Waals surface area contributed by atoms with Crippen molar-refractivity contribution in [2.75, 3.05) is 0 Å². The van der Waals surface area contributed by atoms with Crippen molar-refractivity contribution in [1.29, 1.82) is 0 Å². The highest BCUT2D eigenvalue weighted by Gasteiger charge is 2.02. The van der Waals surface area contributed by atoms with Gasteiger partial charge in [0.1, 0.15) is 5.82 Å². The molecule has 72 valence electrons. The first kappa shape index (κ1) is 9.92. The minimum absolute atomic E-state index is 0.0234. The zero-order chi connectivity index (χ0) is 9.84. The van der Waals surface area contributed by atoms with Crippen molar-refractivity contribution in [2.24, 2.45) is 5.73 Å². The van der Waals surface area contributed by atoms with Gasteiger partial charge in [-0.1, -0.05) is 6.92 Å². The highest BCUT2D eigenvalue weighted by atomic mass is 16.1. The van der Waals surface area contributed by atoms with Crippen LogP contribution in [0.25, 0.3) is 0 Å². The van der Waals surface area contributed by atoms with Gasteiger partial charge in [0.15, 0.2) is 0 Å². The summed E-state index contributed by atoms with van der Waals surface area (Å²) in [5, 5.41) is 0. The molecule has 1 rings (SSSR count). The Kier molecular flexibility index (Phi) is 3.19. The maximum absolute atomic E-state index is 11.1. The summed E-state index contributed by atoms with van der Waals surface area (Å²) in [6.07, 6.45) is 1.39. The fourth-order valence-electron chi connectivity index (χ4n) is 1.15. The number of nitrogens with zero attached hydrogens (tertiary/aromatic N) is 1. The van der Waals surface area contributed by atoms with Gasteiger partial charge < -0.3 is 10.7 Å². The second-order valence-corrected chi connectivity index (χ2v) is 3.22. The molecule has 1 heterocycles. The predicted molar refractivity (Wildman–Crippen MR) is 51.6 cm³/mol. The standard InChI is InChI=1S/C9H15N3O/c1-3-7-5-9(13)12-8(11-7)4-6(2)10/h5-6H,3-4,10H2,1-2H3,(H,11,12,13). The Hall–Kier alpha value is -1.16. The number of aryl methyl sites for hydroxylation is 1. The van der Waals surface area contributed by atoms with Gasteiger partial charge >= 0.3 is 0 Å². The van der Waals surface area contributed by atoms with Crippen molar-refractivity contribution in [3.05, 3.63) is 27.9 Å². The van der Waals surface area contributed by atoms with Crippen LogP contribution in [0.5, 0.6) is 0 Å². The Morgan fingerprint density at radius 1 is 1.69 bits per heavy atom. The molecule has 1 unspecified atom stereocenters. The Bertz CT molecular complexity index is 330. The van der Waals surface area contributed by atoms with Crippen LogP contribution in [0.4, 0.5) is 0 Å². The number of nitrogens with two attached hydrogens (primary N) is 1. The first-order chi connectivity index (χ1) is 6.11. The van der Waals surface area contributed by atoms with Crippen LogP contribution in [0, 0.1) is 0 Å². The Labute approximate surface area is 77.2 Å². The average molecular weight is 181 g/mol. The maximum atomic E-state index is 11.1. The van der Waals surface area contributed by atoms with E-state index in [4.69, 9.17) is 5.73 Å². The van der Waals surface area contributed by atoms with Crippen molar-refractivity contribution in [2.45, 2.75) is 32.7 Å². The van der Waals surface area contributed by atoms with E-state index in [-0.39, 0.29) is 11.6 Å². The van der Waals surface area contributed by atoms with Crippen LogP contribution >= 0.6 is 0 Å². The summed E-state index contributed by atoms with van der Waals surface area (Å²) in [4.78, 5) is 18.0. The smallest absolute Gasteiger partial charge is 0.251 e. The third-order valence-electron chi connectivity index (χ3n) is 1.72. The molecule has 0 spiro atoms. The SMILES string of the molecule is CCc1cc(=O)[nH]c(CC(C)N)n1. The zero-order valence-electron chi connectivity index (χ0n) is 8.00. The molecule has 4 nitrogen and oxygen atoms in total. The maximum Gasteiger partial charge on any atom is 0.251 e. The van der Waals surface area contributed by atoms with E-state index in [1.54, 1.807) is 0 Å². The Balaban J connectivity index is 2.95. The first-order valence-electron chi connectivity index (χ1n) is 4.46. The lowest BCUT2D eigenvalue weighted by Crippen LogP contribution is -2.22. The predicted octanol–water partition coefficient (Wildman–Crippen LogP) is 0.222. The first-order valence-corrected chi connectivity index (χ1v) is 4.46. The number of hydrogen-bond donors (Lipinski definition) is 2. The van der Waals surface area contributed by atoms with E-state index in [0.29, 0.717) is 12.2 Å². The van der Waals surface area contributed by atoms with E-state index in [1.807, 2.05) is 13.8 Å². The molecule has 0 aromatic carbocycles. The molecule has 0 saturated carbocycles. The molecule has 3 N–H and O–H groups in total. The van der Waals surface area contributed by atoms with Gasteiger partial charge in [0.2, 0.25) is 0 Å². The number of nitrogens with one attached hydrogen (secondary N) is 1. The van der Waals surface area contributed by atoms with E-state index < -0.39 is 0 Å². The van der Waals surface area contributed by atoms with Crippen LogP contribution in [0.3, 0.4) is 0 Å². The summed E-state index contributed by atoms with van der Waals surface area (Å²) in [5.74, 6) is 0.680. The number of rotatable bonds is 3. The highest BCUT2D eigenvalue weighted by Crippen LogP contribution is 1.95. The molecule has 1 aromatic heterocycles. The molecule has 0 aliphatic carbocycles. The summed E-state index contributed by atoms with van der Waals surface area (Å²) >= 11 is 0. The third-order valence-corrected chi connectivity index (χ3v) is 1.72. The summed E-state index contributed by atoms with van der Waals surface area (Å²) < 4.78 is 0. The van der Waals surface area contributed by atoms with Crippen molar-refractivity contribution in [1.82, 2.24) is 9.97 Å². The van der Waals surface area contributed by atoms with E-state index >= 15 is 0 Å². The molecule has 0 amide bonds. The molecular formula is C9H15N3O. The number of hydrogen-bond acceptors (Lipinski definition) is 3. The quantitative estimate of drug-likeness (QED) is 0.700. The van der Waals surface area contributed by atoms with E-state index in [0.717, 1.165) is 12.1 Å². The van der Waals surface area contributed by atoms with Gasteiger partial charge in [0.25, 0.3) is 5.56 Å². The number of aromatic nitrogens is 2. The molecule has 0 fully saturated rings. The third kappa shape index (κ3) is 2.99. The summed E-state index contributed by atoms with van der Waals surface area (Å²) in [6, 6.07) is 1.54. The number of aromatic amines is 1. The van der Waals surface area contributed by atoms with Crippen LogP contribution < -0.4 is 11.3 Å². The topological polar surface area (TPSA) is 71.8 Å². The molecule has 0 aliphatic heterocycles. The fraction of sp³-hybridized carbons (Fsp3) is 0.556. The van der Waals surface area contributed by atoms with E-state index in [9.17, 15) is 4.79 Å². The van der Waals surface area contributed by atoms with Crippen LogP contribution in [-0.2, 0) is 12.8 Å². The monoisotopic (exact) mass is 181 g/mol. The summed E-state index contributed by atoms with van der Waals surface area (Å²) in [5.41, 5.74) is 6.33. The average Bonchev–Trinajstić information content (AvgIpc) is 2.01.